The van der Waals surface area contributed by atoms with Gasteiger partial charge in [0.25, 0.3) is 0 Å². The lowest BCUT2D eigenvalue weighted by Gasteiger charge is -2.06. The molecule has 0 radical (unpaired) electrons. The van der Waals surface area contributed by atoms with Gasteiger partial charge < -0.3 is 0 Å². The van der Waals surface area contributed by atoms with Crippen LogP contribution in [0.25, 0.3) is 0 Å². The van der Waals surface area contributed by atoms with Crippen LogP contribution in [0, 0.1) is 0 Å². The third kappa shape index (κ3) is 3.45. The van der Waals surface area contributed by atoms with Gasteiger partial charge in [-0.2, -0.15) is 18.3 Å². The van der Waals surface area contributed by atoms with Crippen molar-refractivity contribution in [3.63, 3.8) is 0 Å². The van der Waals surface area contributed by atoms with Crippen molar-refractivity contribution in [1.29, 1.82) is 0 Å². The van der Waals surface area contributed by atoms with E-state index in [1.54, 1.807) is 18.5 Å². The molecule has 0 unspecified atom stereocenters. The Balaban J connectivity index is 0.00000144. The first-order chi connectivity index (χ1) is 7.55. The van der Waals surface area contributed by atoms with Crippen molar-refractivity contribution < 1.29 is 13.2 Å². The lowest BCUT2D eigenvalue weighted by atomic mass is 10.2. The quantitative estimate of drug-likeness (QED) is 0.905. The van der Waals surface area contributed by atoms with Gasteiger partial charge in [-0.3, -0.25) is 5.10 Å². The summed E-state index contributed by atoms with van der Waals surface area (Å²) in [5.41, 5.74) is 0.302. The number of hydrogen-bond donors (Lipinski definition) is 1. The molecule has 0 amide bonds. The number of pyridine rings is 1. The van der Waals surface area contributed by atoms with Crippen LogP contribution >= 0.6 is 12.4 Å². The predicted molar refractivity (Wildman–Crippen MR) is 57.9 cm³/mol. The van der Waals surface area contributed by atoms with Crippen LogP contribution in [0.15, 0.2) is 30.6 Å². The van der Waals surface area contributed by atoms with Crippen LogP contribution in [-0.4, -0.2) is 15.2 Å². The fraction of sp³-hybridized carbons (Fsp3) is 0.200. The SMILES string of the molecule is Cl.FC(F)(F)c1cccc(Cc2cn[nH]c2)n1. The molecule has 17 heavy (non-hydrogen) atoms. The molecule has 0 aromatic carbocycles. The largest absolute Gasteiger partial charge is 0.433 e. The van der Waals surface area contributed by atoms with Gasteiger partial charge in [0, 0.05) is 18.3 Å². The van der Waals surface area contributed by atoms with Gasteiger partial charge in [-0.15, -0.1) is 12.4 Å². The number of halogens is 4. The molecule has 3 nitrogen and oxygen atoms in total. The highest BCUT2D eigenvalue weighted by atomic mass is 35.5. The summed E-state index contributed by atoms with van der Waals surface area (Å²) >= 11 is 0. The Kier molecular flexibility index (Phi) is 4.11. The number of nitrogens with zero attached hydrogens (tertiary/aromatic N) is 2. The van der Waals surface area contributed by atoms with Gasteiger partial charge in [-0.25, -0.2) is 4.98 Å². The molecule has 0 aliphatic carbocycles. The van der Waals surface area contributed by atoms with Crippen LogP contribution in [0.4, 0.5) is 13.2 Å². The average Bonchev–Trinajstić information content (AvgIpc) is 2.70. The minimum atomic E-state index is -4.40. The van der Waals surface area contributed by atoms with E-state index in [0.29, 0.717) is 12.1 Å². The Morgan fingerprint density at radius 3 is 2.59 bits per heavy atom. The number of H-pyrrole nitrogens is 1. The summed E-state index contributed by atoms with van der Waals surface area (Å²) in [6.45, 7) is 0. The molecule has 0 atom stereocenters. The molecule has 0 fully saturated rings. The van der Waals surface area contributed by atoms with E-state index < -0.39 is 11.9 Å². The van der Waals surface area contributed by atoms with E-state index in [2.05, 4.69) is 15.2 Å². The van der Waals surface area contributed by atoms with Crippen molar-refractivity contribution in [2.75, 3.05) is 0 Å². The van der Waals surface area contributed by atoms with Gasteiger partial charge in [0.1, 0.15) is 5.69 Å². The molecule has 2 aromatic rings. The molecule has 0 aliphatic rings. The summed E-state index contributed by atoms with van der Waals surface area (Å²) in [5.74, 6) is 0. The normalized spacial score (nSPS) is 11.0. The topological polar surface area (TPSA) is 41.6 Å². The number of hydrogen-bond acceptors (Lipinski definition) is 2. The Morgan fingerprint density at radius 1 is 1.24 bits per heavy atom. The Labute approximate surface area is 101 Å². The average molecular weight is 264 g/mol. The lowest BCUT2D eigenvalue weighted by Crippen LogP contribution is -2.09. The van der Waals surface area contributed by atoms with Crippen LogP contribution in [0.1, 0.15) is 17.0 Å². The van der Waals surface area contributed by atoms with E-state index in [4.69, 9.17) is 0 Å². The molecule has 92 valence electrons. The maximum atomic E-state index is 12.4. The van der Waals surface area contributed by atoms with Crippen LogP contribution in [-0.2, 0) is 12.6 Å². The zero-order valence-corrected chi connectivity index (χ0v) is 9.35. The highest BCUT2D eigenvalue weighted by molar-refractivity contribution is 5.85. The molecule has 2 aromatic heterocycles. The molecule has 2 rings (SSSR count). The molecule has 1 N–H and O–H groups in total. The van der Waals surface area contributed by atoms with E-state index in [1.807, 2.05) is 0 Å². The lowest BCUT2D eigenvalue weighted by molar-refractivity contribution is -0.141. The second kappa shape index (κ2) is 5.18. The van der Waals surface area contributed by atoms with Crippen molar-refractivity contribution in [3.8, 4) is 0 Å². The number of aromatic nitrogens is 3. The Hall–Kier alpha value is -1.56. The van der Waals surface area contributed by atoms with Gasteiger partial charge in [-0.05, 0) is 17.7 Å². The molecule has 0 spiro atoms. The van der Waals surface area contributed by atoms with E-state index in [-0.39, 0.29) is 12.4 Å². The summed E-state index contributed by atoms with van der Waals surface area (Å²) in [5, 5.41) is 6.31. The summed E-state index contributed by atoms with van der Waals surface area (Å²) in [7, 11) is 0. The molecule has 2 heterocycles. The first kappa shape index (κ1) is 13.5. The molecule has 0 saturated heterocycles. The standard InChI is InChI=1S/C10H8F3N3.ClH/c11-10(12,13)9-3-1-2-8(16-9)4-7-5-14-15-6-7;/h1-3,5-6H,4H2,(H,14,15);1H. The number of rotatable bonds is 2. The van der Waals surface area contributed by atoms with E-state index >= 15 is 0 Å². The molecule has 7 heteroatoms. The van der Waals surface area contributed by atoms with Gasteiger partial charge in [-0.1, -0.05) is 6.07 Å². The maximum absolute atomic E-state index is 12.4. The van der Waals surface area contributed by atoms with Crippen LogP contribution in [0.5, 0.6) is 0 Å². The van der Waals surface area contributed by atoms with Crippen molar-refractivity contribution in [2.24, 2.45) is 0 Å². The molecule has 0 aliphatic heterocycles. The van der Waals surface area contributed by atoms with E-state index in [0.717, 1.165) is 11.6 Å². The third-order valence-electron chi connectivity index (χ3n) is 2.04. The van der Waals surface area contributed by atoms with Gasteiger partial charge in [0.2, 0.25) is 0 Å². The maximum Gasteiger partial charge on any atom is 0.433 e. The zero-order chi connectivity index (χ0) is 11.6. The fourth-order valence-electron chi connectivity index (χ4n) is 1.32. The first-order valence-electron chi connectivity index (χ1n) is 4.56. The minimum Gasteiger partial charge on any atom is -0.285 e. The molecule has 0 bridgehead atoms. The van der Waals surface area contributed by atoms with Crippen LogP contribution < -0.4 is 0 Å². The smallest absolute Gasteiger partial charge is 0.285 e. The van der Waals surface area contributed by atoms with E-state index in [1.165, 1.54) is 6.07 Å². The monoisotopic (exact) mass is 263 g/mol. The van der Waals surface area contributed by atoms with Crippen LogP contribution in [0.2, 0.25) is 0 Å². The van der Waals surface area contributed by atoms with Crippen LogP contribution in [0.3, 0.4) is 0 Å². The van der Waals surface area contributed by atoms with Crippen molar-refractivity contribution in [2.45, 2.75) is 12.6 Å². The van der Waals surface area contributed by atoms with Gasteiger partial charge >= 0.3 is 6.18 Å². The van der Waals surface area contributed by atoms with Crippen molar-refractivity contribution in [3.05, 3.63) is 47.5 Å². The Morgan fingerprint density at radius 2 is 2.00 bits per heavy atom. The highest BCUT2D eigenvalue weighted by Crippen LogP contribution is 2.27. The number of alkyl halides is 3. The molecular formula is C10H9ClF3N3. The zero-order valence-electron chi connectivity index (χ0n) is 8.53. The predicted octanol–water partition coefficient (Wildman–Crippen LogP) is 2.84. The number of aromatic amines is 1. The summed E-state index contributed by atoms with van der Waals surface area (Å²) in [6.07, 6.45) is -0.878. The van der Waals surface area contributed by atoms with E-state index in [9.17, 15) is 13.2 Å². The van der Waals surface area contributed by atoms with Crippen molar-refractivity contribution >= 4 is 12.4 Å². The minimum absolute atomic E-state index is 0. The Bertz CT molecular complexity index is 468. The molecular weight excluding hydrogens is 255 g/mol. The highest BCUT2D eigenvalue weighted by Gasteiger charge is 2.32. The summed E-state index contributed by atoms with van der Waals surface area (Å²) in [4.78, 5) is 3.55. The second-order valence-corrected chi connectivity index (χ2v) is 3.30. The summed E-state index contributed by atoms with van der Waals surface area (Å²) in [6, 6.07) is 3.87. The van der Waals surface area contributed by atoms with Crippen molar-refractivity contribution in [1.82, 2.24) is 15.2 Å². The van der Waals surface area contributed by atoms with Gasteiger partial charge in [0.05, 0.1) is 6.20 Å². The second-order valence-electron chi connectivity index (χ2n) is 3.30. The third-order valence-corrected chi connectivity index (χ3v) is 2.04. The number of nitrogens with one attached hydrogen (secondary N) is 1. The summed E-state index contributed by atoms with van der Waals surface area (Å²) < 4.78 is 37.1. The first-order valence-corrected chi connectivity index (χ1v) is 4.56. The fourth-order valence-corrected chi connectivity index (χ4v) is 1.32. The van der Waals surface area contributed by atoms with Gasteiger partial charge in [0.15, 0.2) is 0 Å². The molecule has 0 saturated carbocycles.